The van der Waals surface area contributed by atoms with Crippen LogP contribution in [-0.4, -0.2) is 31.5 Å². The van der Waals surface area contributed by atoms with Crippen molar-refractivity contribution in [2.24, 2.45) is 4.99 Å². The molecule has 1 spiro atoms. The lowest BCUT2D eigenvalue weighted by molar-refractivity contribution is 0.415. The van der Waals surface area contributed by atoms with Crippen LogP contribution in [0.3, 0.4) is 0 Å². The molecule has 0 amide bonds. The van der Waals surface area contributed by atoms with Gasteiger partial charge >= 0.3 is 0 Å². The fourth-order valence-electron chi connectivity index (χ4n) is 3.87. The summed E-state index contributed by atoms with van der Waals surface area (Å²) in [6.45, 7) is 2.58. The molecule has 136 valence electrons. The van der Waals surface area contributed by atoms with Gasteiger partial charge in [-0.3, -0.25) is 4.99 Å². The minimum absolute atomic E-state index is 0.182. The largest absolute Gasteiger partial charge is 0.371 e. The first-order valence-electron chi connectivity index (χ1n) is 8.90. The van der Waals surface area contributed by atoms with Gasteiger partial charge in [-0.15, -0.1) is 0 Å². The first-order chi connectivity index (χ1) is 12.6. The quantitative estimate of drug-likeness (QED) is 0.790. The molecule has 4 nitrogen and oxygen atoms in total. The Hall–Kier alpha value is -1.75. The summed E-state index contributed by atoms with van der Waals surface area (Å²) in [7, 11) is 2.07. The number of halogens is 2. The molecule has 2 N–H and O–H groups in total. The Labute approximate surface area is 164 Å². The molecule has 1 saturated heterocycles. The SMILES string of the molecule is CN1/C(=N/Cc2ccccc2)C2(CCNCC2)Nc2cc(Cl)c(Cl)cc21. The third-order valence-corrected chi connectivity index (χ3v) is 5.95. The van der Waals surface area contributed by atoms with Gasteiger partial charge in [0.2, 0.25) is 0 Å². The number of anilines is 2. The number of fused-ring (bicyclic) bond motifs is 1. The lowest BCUT2D eigenvalue weighted by Crippen LogP contribution is -2.60. The Balaban J connectivity index is 1.76. The zero-order valence-corrected chi connectivity index (χ0v) is 16.2. The van der Waals surface area contributed by atoms with Crippen LogP contribution in [-0.2, 0) is 6.54 Å². The van der Waals surface area contributed by atoms with E-state index in [4.69, 9.17) is 28.2 Å². The third-order valence-electron chi connectivity index (χ3n) is 5.23. The number of hydrogen-bond acceptors (Lipinski definition) is 3. The molecular weight excluding hydrogens is 367 g/mol. The number of hydrogen-bond donors (Lipinski definition) is 2. The zero-order chi connectivity index (χ0) is 18.1. The maximum absolute atomic E-state index is 6.27. The normalized spacial score (nSPS) is 20.1. The van der Waals surface area contributed by atoms with Crippen molar-refractivity contribution in [3.05, 3.63) is 58.1 Å². The highest BCUT2D eigenvalue weighted by atomic mass is 35.5. The van der Waals surface area contributed by atoms with Gasteiger partial charge in [0.05, 0.1) is 33.5 Å². The predicted molar refractivity (Wildman–Crippen MR) is 111 cm³/mol. The van der Waals surface area contributed by atoms with E-state index in [0.29, 0.717) is 16.6 Å². The van der Waals surface area contributed by atoms with Gasteiger partial charge in [0.1, 0.15) is 5.84 Å². The standard InChI is InChI=1S/C20H22Cl2N4/c1-26-18-12-16(22)15(21)11-17(18)25-20(7-9-23-10-8-20)19(26)24-13-14-5-3-2-4-6-14/h2-6,11-12,23,25H,7-10,13H2,1H3/b24-19+. The first-order valence-corrected chi connectivity index (χ1v) is 9.65. The molecule has 2 aliphatic heterocycles. The molecule has 0 aromatic heterocycles. The second-order valence-corrected chi connectivity index (χ2v) is 7.74. The Morgan fingerprint density at radius 2 is 1.77 bits per heavy atom. The molecule has 0 bridgehead atoms. The molecule has 0 aliphatic carbocycles. The van der Waals surface area contributed by atoms with Gasteiger partial charge in [-0.1, -0.05) is 53.5 Å². The second-order valence-electron chi connectivity index (χ2n) is 6.93. The number of likely N-dealkylation sites (N-methyl/N-ethyl adjacent to an activating group) is 1. The van der Waals surface area contributed by atoms with Crippen molar-refractivity contribution in [1.82, 2.24) is 5.32 Å². The molecule has 0 unspecified atom stereocenters. The highest BCUT2D eigenvalue weighted by Crippen LogP contribution is 2.42. The molecule has 6 heteroatoms. The third kappa shape index (κ3) is 3.18. The Morgan fingerprint density at radius 3 is 2.50 bits per heavy atom. The number of nitrogens with one attached hydrogen (secondary N) is 2. The van der Waals surface area contributed by atoms with Crippen molar-refractivity contribution in [1.29, 1.82) is 0 Å². The number of aliphatic imine (C=N–C) groups is 1. The molecule has 2 aliphatic rings. The first kappa shape index (κ1) is 17.7. The summed E-state index contributed by atoms with van der Waals surface area (Å²) >= 11 is 12.5. The monoisotopic (exact) mass is 388 g/mol. The summed E-state index contributed by atoms with van der Waals surface area (Å²) < 4.78 is 0. The van der Waals surface area contributed by atoms with Crippen LogP contribution in [0.25, 0.3) is 0 Å². The highest BCUT2D eigenvalue weighted by molar-refractivity contribution is 6.42. The van der Waals surface area contributed by atoms with Crippen molar-refractivity contribution in [3.8, 4) is 0 Å². The Bertz CT molecular complexity index is 829. The maximum Gasteiger partial charge on any atom is 0.130 e. The van der Waals surface area contributed by atoms with Crippen molar-refractivity contribution in [3.63, 3.8) is 0 Å². The van der Waals surface area contributed by atoms with Gasteiger partial charge < -0.3 is 15.5 Å². The van der Waals surface area contributed by atoms with Crippen LogP contribution in [0.15, 0.2) is 47.5 Å². The van der Waals surface area contributed by atoms with Crippen LogP contribution in [0, 0.1) is 0 Å². The van der Waals surface area contributed by atoms with E-state index in [1.54, 1.807) is 0 Å². The molecule has 1 fully saturated rings. The smallest absolute Gasteiger partial charge is 0.130 e. The molecule has 2 aromatic rings. The van der Waals surface area contributed by atoms with Crippen LogP contribution in [0.5, 0.6) is 0 Å². The number of nitrogens with zero attached hydrogens (tertiary/aromatic N) is 2. The summed E-state index contributed by atoms with van der Waals surface area (Å²) in [5.74, 6) is 1.06. The molecule has 0 saturated carbocycles. The van der Waals surface area contributed by atoms with E-state index in [1.807, 2.05) is 18.2 Å². The molecule has 4 rings (SSSR count). The molecule has 2 aromatic carbocycles. The van der Waals surface area contributed by atoms with E-state index in [9.17, 15) is 0 Å². The number of rotatable bonds is 2. The van der Waals surface area contributed by atoms with E-state index in [1.165, 1.54) is 5.56 Å². The van der Waals surface area contributed by atoms with Crippen LogP contribution in [0.2, 0.25) is 10.0 Å². The van der Waals surface area contributed by atoms with Gasteiger partial charge in [-0.05, 0) is 43.6 Å². The number of benzene rings is 2. The number of piperidine rings is 1. The van der Waals surface area contributed by atoms with Gasteiger partial charge in [-0.2, -0.15) is 0 Å². The van der Waals surface area contributed by atoms with E-state index in [0.717, 1.165) is 43.1 Å². The van der Waals surface area contributed by atoms with E-state index in [-0.39, 0.29) is 5.54 Å². The number of amidine groups is 1. The zero-order valence-electron chi connectivity index (χ0n) is 14.7. The summed E-state index contributed by atoms with van der Waals surface area (Å²) in [4.78, 5) is 7.21. The summed E-state index contributed by atoms with van der Waals surface area (Å²) in [5, 5.41) is 8.32. The molecule has 0 radical (unpaired) electrons. The van der Waals surface area contributed by atoms with Crippen LogP contribution >= 0.6 is 23.2 Å². The minimum atomic E-state index is -0.182. The van der Waals surface area contributed by atoms with E-state index < -0.39 is 0 Å². The molecule has 0 atom stereocenters. The fraction of sp³-hybridized carbons (Fsp3) is 0.350. The van der Waals surface area contributed by atoms with Crippen LogP contribution in [0.1, 0.15) is 18.4 Å². The van der Waals surface area contributed by atoms with Crippen molar-refractivity contribution in [2.45, 2.75) is 24.9 Å². The minimum Gasteiger partial charge on any atom is -0.371 e. The van der Waals surface area contributed by atoms with Gasteiger partial charge in [0, 0.05) is 7.05 Å². The van der Waals surface area contributed by atoms with Crippen LogP contribution in [0.4, 0.5) is 11.4 Å². The lowest BCUT2D eigenvalue weighted by Gasteiger charge is -2.47. The summed E-state index contributed by atoms with van der Waals surface area (Å²) in [6, 6.07) is 14.2. The van der Waals surface area contributed by atoms with Gasteiger partial charge in [0.25, 0.3) is 0 Å². The van der Waals surface area contributed by atoms with E-state index in [2.05, 4.69) is 46.8 Å². The van der Waals surface area contributed by atoms with Crippen LogP contribution < -0.4 is 15.5 Å². The molecule has 2 heterocycles. The summed E-state index contributed by atoms with van der Waals surface area (Å²) in [5.41, 5.74) is 3.05. The van der Waals surface area contributed by atoms with Gasteiger partial charge in [-0.25, -0.2) is 0 Å². The van der Waals surface area contributed by atoms with Gasteiger partial charge in [0.15, 0.2) is 0 Å². The fourth-order valence-corrected chi connectivity index (χ4v) is 4.19. The summed E-state index contributed by atoms with van der Waals surface area (Å²) in [6.07, 6.45) is 1.95. The average Bonchev–Trinajstić information content (AvgIpc) is 2.65. The second kappa shape index (κ2) is 7.10. The maximum atomic E-state index is 6.27. The topological polar surface area (TPSA) is 39.7 Å². The van der Waals surface area contributed by atoms with E-state index >= 15 is 0 Å². The Morgan fingerprint density at radius 1 is 1.08 bits per heavy atom. The highest BCUT2D eigenvalue weighted by Gasteiger charge is 2.43. The van der Waals surface area contributed by atoms with Crippen molar-refractivity contribution in [2.75, 3.05) is 30.4 Å². The average molecular weight is 389 g/mol. The van der Waals surface area contributed by atoms with Crippen molar-refractivity contribution >= 4 is 40.4 Å². The van der Waals surface area contributed by atoms with Crippen molar-refractivity contribution < 1.29 is 0 Å². The molecule has 26 heavy (non-hydrogen) atoms. The Kier molecular flexibility index (Phi) is 4.82. The molecular formula is C20H22Cl2N4. The lowest BCUT2D eigenvalue weighted by atomic mass is 9.83. The predicted octanol–water partition coefficient (Wildman–Crippen LogP) is 4.58.